The van der Waals surface area contributed by atoms with Gasteiger partial charge in [0.15, 0.2) is 0 Å². The molecule has 0 spiro atoms. The third kappa shape index (κ3) is 2.84. The molecule has 1 aliphatic rings. The van der Waals surface area contributed by atoms with Crippen LogP contribution in [0.1, 0.15) is 19.8 Å². The molecule has 1 heterocycles. The van der Waals surface area contributed by atoms with E-state index in [0.717, 1.165) is 32.5 Å². The number of amides is 1. The fraction of sp³-hybridized carbons (Fsp3) is 0.727. The van der Waals surface area contributed by atoms with E-state index in [0.29, 0.717) is 6.54 Å². The van der Waals surface area contributed by atoms with Gasteiger partial charge in [-0.25, -0.2) is 0 Å². The molecule has 0 radical (unpaired) electrons. The van der Waals surface area contributed by atoms with Crippen molar-refractivity contribution in [2.45, 2.75) is 19.8 Å². The molecule has 1 aliphatic heterocycles. The maximum atomic E-state index is 12.0. The first-order valence-electron chi connectivity index (χ1n) is 5.40. The van der Waals surface area contributed by atoms with Crippen molar-refractivity contribution in [3.63, 3.8) is 0 Å². The molecule has 0 aliphatic carbocycles. The molecule has 1 rings (SSSR count). The van der Waals surface area contributed by atoms with E-state index in [1.165, 1.54) is 0 Å². The van der Waals surface area contributed by atoms with Crippen molar-refractivity contribution >= 4 is 5.91 Å². The molecule has 14 heavy (non-hydrogen) atoms. The minimum Gasteiger partial charge on any atom is -0.339 e. The molecule has 1 atom stereocenters. The van der Waals surface area contributed by atoms with Crippen LogP contribution in [-0.4, -0.2) is 37.0 Å². The van der Waals surface area contributed by atoms with Crippen LogP contribution in [0.2, 0.25) is 0 Å². The Kier molecular flexibility index (Phi) is 4.66. The average Bonchev–Trinajstić information content (AvgIpc) is 2.69. The zero-order valence-electron chi connectivity index (χ0n) is 8.96. The molecule has 80 valence electrons. The largest absolute Gasteiger partial charge is 0.339 e. The van der Waals surface area contributed by atoms with Crippen LogP contribution in [-0.2, 0) is 4.79 Å². The van der Waals surface area contributed by atoms with Gasteiger partial charge in [-0.3, -0.25) is 4.79 Å². The first kappa shape index (κ1) is 11.2. The van der Waals surface area contributed by atoms with E-state index >= 15 is 0 Å². The number of carbonyl (C=O) groups is 1. The molecule has 1 saturated heterocycles. The summed E-state index contributed by atoms with van der Waals surface area (Å²) < 4.78 is 0. The molecule has 0 bridgehead atoms. The fourth-order valence-electron chi connectivity index (χ4n) is 1.84. The lowest BCUT2D eigenvalue weighted by Crippen LogP contribution is -2.37. The van der Waals surface area contributed by atoms with E-state index in [4.69, 9.17) is 0 Å². The molecular weight excluding hydrogens is 176 g/mol. The quantitative estimate of drug-likeness (QED) is 0.666. The number of hydrogen-bond acceptors (Lipinski definition) is 2. The van der Waals surface area contributed by atoms with Gasteiger partial charge >= 0.3 is 0 Å². The first-order valence-corrected chi connectivity index (χ1v) is 5.40. The van der Waals surface area contributed by atoms with Crippen LogP contribution in [0, 0.1) is 5.92 Å². The van der Waals surface area contributed by atoms with Gasteiger partial charge in [-0.2, -0.15) is 0 Å². The Bertz CT molecular complexity index is 197. The van der Waals surface area contributed by atoms with Gasteiger partial charge in [-0.15, -0.1) is 6.58 Å². The number of nitrogens with one attached hydrogen (secondary N) is 1. The Morgan fingerprint density at radius 1 is 1.71 bits per heavy atom. The molecule has 0 aromatic heterocycles. The standard InChI is InChI=1S/C11H20N2O/c1-3-7-13(8-4-2)11(14)10-5-6-12-9-10/h3,10,12H,1,4-9H2,2H3. The van der Waals surface area contributed by atoms with E-state index in [1.54, 1.807) is 6.08 Å². The number of hydrogen-bond donors (Lipinski definition) is 1. The highest BCUT2D eigenvalue weighted by Crippen LogP contribution is 2.11. The van der Waals surface area contributed by atoms with Gasteiger partial charge in [0, 0.05) is 19.6 Å². The third-order valence-corrected chi connectivity index (χ3v) is 2.56. The minimum atomic E-state index is 0.196. The SMILES string of the molecule is C=CCN(CCC)C(=O)C1CCNC1. The van der Waals surface area contributed by atoms with Crippen molar-refractivity contribution in [1.29, 1.82) is 0 Å². The molecule has 0 aromatic carbocycles. The molecular formula is C11H20N2O. The molecule has 0 saturated carbocycles. The minimum absolute atomic E-state index is 0.196. The Labute approximate surface area is 86.2 Å². The summed E-state index contributed by atoms with van der Waals surface area (Å²) in [5.74, 6) is 0.484. The van der Waals surface area contributed by atoms with Crippen LogP contribution in [0.3, 0.4) is 0 Å². The lowest BCUT2D eigenvalue weighted by molar-refractivity contribution is -0.134. The van der Waals surface area contributed by atoms with E-state index < -0.39 is 0 Å². The summed E-state index contributed by atoms with van der Waals surface area (Å²) in [5, 5.41) is 3.22. The highest BCUT2D eigenvalue weighted by molar-refractivity contribution is 5.79. The van der Waals surface area contributed by atoms with Crippen molar-refractivity contribution in [2.24, 2.45) is 5.92 Å². The summed E-state index contributed by atoms with van der Waals surface area (Å²) in [6.07, 6.45) is 3.80. The number of carbonyl (C=O) groups excluding carboxylic acids is 1. The smallest absolute Gasteiger partial charge is 0.227 e. The first-order chi connectivity index (χ1) is 6.79. The highest BCUT2D eigenvalue weighted by atomic mass is 16.2. The van der Waals surface area contributed by atoms with Crippen molar-refractivity contribution in [1.82, 2.24) is 10.2 Å². The average molecular weight is 196 g/mol. The van der Waals surface area contributed by atoms with Gasteiger partial charge in [-0.1, -0.05) is 13.0 Å². The lowest BCUT2D eigenvalue weighted by atomic mass is 10.1. The second-order valence-corrected chi connectivity index (χ2v) is 3.76. The van der Waals surface area contributed by atoms with E-state index in [9.17, 15) is 4.79 Å². The molecule has 1 amide bonds. The van der Waals surface area contributed by atoms with Crippen LogP contribution in [0.5, 0.6) is 0 Å². The zero-order valence-corrected chi connectivity index (χ0v) is 8.96. The summed E-state index contributed by atoms with van der Waals surface area (Å²) in [6, 6.07) is 0. The Balaban J connectivity index is 2.47. The maximum absolute atomic E-state index is 12.0. The van der Waals surface area contributed by atoms with Crippen LogP contribution in [0.25, 0.3) is 0 Å². The lowest BCUT2D eigenvalue weighted by Gasteiger charge is -2.23. The monoisotopic (exact) mass is 196 g/mol. The molecule has 3 heteroatoms. The molecule has 0 aromatic rings. The summed E-state index contributed by atoms with van der Waals surface area (Å²) in [6.45, 7) is 9.13. The van der Waals surface area contributed by atoms with Gasteiger partial charge < -0.3 is 10.2 Å². The Hall–Kier alpha value is -0.830. The summed E-state index contributed by atoms with van der Waals surface area (Å²) in [4.78, 5) is 13.9. The van der Waals surface area contributed by atoms with E-state index in [2.05, 4.69) is 18.8 Å². The summed E-state index contributed by atoms with van der Waals surface area (Å²) >= 11 is 0. The van der Waals surface area contributed by atoms with Crippen molar-refractivity contribution in [3.8, 4) is 0 Å². The van der Waals surface area contributed by atoms with Gasteiger partial charge in [0.1, 0.15) is 0 Å². The Morgan fingerprint density at radius 2 is 2.50 bits per heavy atom. The van der Waals surface area contributed by atoms with Crippen molar-refractivity contribution in [2.75, 3.05) is 26.2 Å². The van der Waals surface area contributed by atoms with Gasteiger partial charge in [0.25, 0.3) is 0 Å². The van der Waals surface area contributed by atoms with Gasteiger partial charge in [0.05, 0.1) is 5.92 Å². The summed E-state index contributed by atoms with van der Waals surface area (Å²) in [7, 11) is 0. The molecule has 1 N–H and O–H groups in total. The molecule has 1 fully saturated rings. The van der Waals surface area contributed by atoms with Crippen LogP contribution >= 0.6 is 0 Å². The zero-order chi connectivity index (χ0) is 10.4. The van der Waals surface area contributed by atoms with E-state index in [-0.39, 0.29) is 11.8 Å². The second kappa shape index (κ2) is 5.81. The summed E-state index contributed by atoms with van der Waals surface area (Å²) in [5.41, 5.74) is 0. The van der Waals surface area contributed by atoms with Crippen LogP contribution < -0.4 is 5.32 Å². The Morgan fingerprint density at radius 3 is 3.00 bits per heavy atom. The van der Waals surface area contributed by atoms with Crippen molar-refractivity contribution in [3.05, 3.63) is 12.7 Å². The van der Waals surface area contributed by atoms with Gasteiger partial charge in [0.2, 0.25) is 5.91 Å². The highest BCUT2D eigenvalue weighted by Gasteiger charge is 2.25. The number of rotatable bonds is 5. The van der Waals surface area contributed by atoms with Crippen LogP contribution in [0.4, 0.5) is 0 Å². The topological polar surface area (TPSA) is 32.3 Å². The fourth-order valence-corrected chi connectivity index (χ4v) is 1.84. The molecule has 3 nitrogen and oxygen atoms in total. The predicted molar refractivity (Wildman–Crippen MR) is 58.0 cm³/mol. The third-order valence-electron chi connectivity index (χ3n) is 2.56. The van der Waals surface area contributed by atoms with Crippen molar-refractivity contribution < 1.29 is 4.79 Å². The predicted octanol–water partition coefficient (Wildman–Crippen LogP) is 1.02. The number of nitrogens with zero attached hydrogens (tertiary/aromatic N) is 1. The van der Waals surface area contributed by atoms with E-state index in [1.807, 2.05) is 4.90 Å². The van der Waals surface area contributed by atoms with Crippen LogP contribution in [0.15, 0.2) is 12.7 Å². The van der Waals surface area contributed by atoms with Gasteiger partial charge in [-0.05, 0) is 19.4 Å². The normalized spacial score (nSPS) is 20.8. The maximum Gasteiger partial charge on any atom is 0.227 e. The second-order valence-electron chi connectivity index (χ2n) is 3.76. The molecule has 1 unspecified atom stereocenters.